The molecular weight excluding hydrogens is 419 g/mol. The average Bonchev–Trinajstić information content (AvgIpc) is 3.00. The van der Waals surface area contributed by atoms with Crippen molar-refractivity contribution in [3.05, 3.63) is 50.0 Å². The van der Waals surface area contributed by atoms with Crippen molar-refractivity contribution in [3.8, 4) is 17.1 Å². The van der Waals surface area contributed by atoms with E-state index in [9.17, 15) is 14.7 Å². The number of anilines is 1. The van der Waals surface area contributed by atoms with Crippen molar-refractivity contribution in [2.24, 2.45) is 0 Å². The molecule has 0 aliphatic heterocycles. The van der Waals surface area contributed by atoms with Crippen molar-refractivity contribution in [1.29, 1.82) is 0 Å². The van der Waals surface area contributed by atoms with Crippen LogP contribution in [-0.4, -0.2) is 31.7 Å². The van der Waals surface area contributed by atoms with Gasteiger partial charge in [-0.25, -0.2) is 4.98 Å². The Labute approximate surface area is 165 Å². The van der Waals surface area contributed by atoms with Crippen molar-refractivity contribution < 1.29 is 9.90 Å². The third kappa shape index (κ3) is 4.76. The monoisotopic (exact) mass is 428 g/mol. The first-order valence-corrected chi connectivity index (χ1v) is 9.67. The smallest absolute Gasteiger partial charge is 0.255 e. The van der Waals surface area contributed by atoms with Crippen LogP contribution in [0.2, 0.25) is 10.0 Å². The summed E-state index contributed by atoms with van der Waals surface area (Å²) in [4.78, 5) is 33.7. The van der Waals surface area contributed by atoms with Gasteiger partial charge in [0.15, 0.2) is 10.3 Å². The molecule has 134 valence electrons. The van der Waals surface area contributed by atoms with Crippen LogP contribution in [0, 0.1) is 0 Å². The molecule has 26 heavy (non-hydrogen) atoms. The van der Waals surface area contributed by atoms with E-state index >= 15 is 0 Å². The van der Waals surface area contributed by atoms with E-state index in [4.69, 9.17) is 23.2 Å². The minimum Gasteiger partial charge on any atom is -0.493 e. The number of benzene rings is 1. The lowest BCUT2D eigenvalue weighted by Crippen LogP contribution is -2.15. The fourth-order valence-corrected chi connectivity index (χ4v) is 3.84. The van der Waals surface area contributed by atoms with Crippen molar-refractivity contribution in [2.45, 2.75) is 5.16 Å². The van der Waals surface area contributed by atoms with E-state index < -0.39 is 11.4 Å². The molecule has 2 aromatic heterocycles. The zero-order valence-corrected chi connectivity index (χ0v) is 16.0. The van der Waals surface area contributed by atoms with E-state index in [-0.39, 0.29) is 16.8 Å². The number of aromatic amines is 1. The lowest BCUT2D eigenvalue weighted by molar-refractivity contribution is -0.113. The number of carbonyl (C=O) groups is 1. The summed E-state index contributed by atoms with van der Waals surface area (Å²) < 4.78 is 0. The Hall–Kier alpha value is -2.07. The molecule has 1 aromatic carbocycles. The van der Waals surface area contributed by atoms with Crippen LogP contribution in [-0.2, 0) is 4.79 Å². The summed E-state index contributed by atoms with van der Waals surface area (Å²) in [7, 11) is 0. The van der Waals surface area contributed by atoms with Crippen LogP contribution in [0.15, 0.2) is 39.6 Å². The number of thiazole rings is 1. The fraction of sp³-hybridized carbons (Fsp3) is 0.0667. The molecule has 0 aliphatic rings. The predicted molar refractivity (Wildman–Crippen MR) is 103 cm³/mol. The molecule has 0 atom stereocenters. The van der Waals surface area contributed by atoms with E-state index in [1.165, 1.54) is 11.3 Å². The van der Waals surface area contributed by atoms with Gasteiger partial charge in [-0.1, -0.05) is 35.0 Å². The van der Waals surface area contributed by atoms with Gasteiger partial charge < -0.3 is 15.4 Å². The molecule has 2 heterocycles. The first-order valence-electron chi connectivity index (χ1n) is 7.04. The van der Waals surface area contributed by atoms with Gasteiger partial charge in [-0.3, -0.25) is 9.59 Å². The Morgan fingerprint density at radius 3 is 2.85 bits per heavy atom. The molecule has 0 spiro atoms. The quantitative estimate of drug-likeness (QED) is 0.422. The molecule has 3 aromatic rings. The van der Waals surface area contributed by atoms with Gasteiger partial charge in [-0.2, -0.15) is 4.98 Å². The second-order valence-electron chi connectivity index (χ2n) is 4.91. The minimum atomic E-state index is -0.496. The van der Waals surface area contributed by atoms with E-state index in [2.05, 4.69) is 20.3 Å². The highest BCUT2D eigenvalue weighted by atomic mass is 35.5. The van der Waals surface area contributed by atoms with Crippen molar-refractivity contribution >= 4 is 57.3 Å². The summed E-state index contributed by atoms with van der Waals surface area (Å²) in [5.41, 5.74) is 0.840. The van der Waals surface area contributed by atoms with Crippen LogP contribution in [0.3, 0.4) is 0 Å². The van der Waals surface area contributed by atoms with Crippen LogP contribution in [0.4, 0.5) is 5.13 Å². The molecular formula is C15H10Cl2N4O3S2. The number of aromatic hydroxyl groups is 1. The predicted octanol–water partition coefficient (Wildman–Crippen LogP) is 3.64. The number of hydrogen-bond donors (Lipinski definition) is 3. The van der Waals surface area contributed by atoms with Crippen LogP contribution in [0.5, 0.6) is 5.88 Å². The molecule has 0 unspecified atom stereocenters. The maximum absolute atomic E-state index is 12.0. The fourth-order valence-electron chi connectivity index (χ4n) is 1.93. The highest BCUT2D eigenvalue weighted by Gasteiger charge is 2.12. The topological polar surface area (TPSA) is 108 Å². The molecule has 3 N–H and O–H groups in total. The number of aromatic nitrogens is 3. The summed E-state index contributed by atoms with van der Waals surface area (Å²) >= 11 is 14.3. The average molecular weight is 429 g/mol. The third-order valence-corrected chi connectivity index (χ3v) is 5.18. The maximum atomic E-state index is 12.0. The Morgan fingerprint density at radius 2 is 2.12 bits per heavy atom. The van der Waals surface area contributed by atoms with Crippen LogP contribution in [0.1, 0.15) is 0 Å². The van der Waals surface area contributed by atoms with Crippen LogP contribution >= 0.6 is 46.3 Å². The van der Waals surface area contributed by atoms with Gasteiger partial charge in [0, 0.05) is 16.0 Å². The lowest BCUT2D eigenvalue weighted by Gasteiger charge is -2.02. The number of nitrogens with one attached hydrogen (secondary N) is 2. The lowest BCUT2D eigenvalue weighted by atomic mass is 10.2. The van der Waals surface area contributed by atoms with Crippen molar-refractivity contribution in [3.63, 3.8) is 0 Å². The van der Waals surface area contributed by atoms with Crippen molar-refractivity contribution in [1.82, 2.24) is 15.0 Å². The molecule has 0 saturated carbocycles. The number of nitrogens with zero attached hydrogens (tertiary/aromatic N) is 2. The highest BCUT2D eigenvalue weighted by molar-refractivity contribution is 7.99. The number of carbonyl (C=O) groups excluding carboxylic acids is 1. The first-order chi connectivity index (χ1) is 12.4. The number of thioether (sulfide) groups is 1. The molecule has 0 fully saturated rings. The molecule has 0 bridgehead atoms. The van der Waals surface area contributed by atoms with Gasteiger partial charge in [0.2, 0.25) is 11.8 Å². The Kier molecular flexibility index (Phi) is 5.82. The summed E-state index contributed by atoms with van der Waals surface area (Å²) in [6.07, 6.45) is 0. The Balaban J connectivity index is 1.63. The first kappa shape index (κ1) is 18.7. The molecule has 1 amide bonds. The van der Waals surface area contributed by atoms with E-state index in [0.29, 0.717) is 26.4 Å². The minimum absolute atomic E-state index is 0.0109. The van der Waals surface area contributed by atoms with Gasteiger partial charge >= 0.3 is 0 Å². The van der Waals surface area contributed by atoms with Crippen LogP contribution in [0.25, 0.3) is 11.3 Å². The largest absolute Gasteiger partial charge is 0.493 e. The number of rotatable bonds is 5. The standard InChI is InChI=1S/C15H10Cl2N4O3S2/c16-7-1-2-8(9(17)3-7)10-5-25-14(18-10)21-13(24)6-26-15-19-11(22)4-12(23)20-15/h1-5H,6H2,(H,18,21,24)(H2,19,20,22,23). The van der Waals surface area contributed by atoms with Crippen LogP contribution < -0.4 is 10.9 Å². The van der Waals surface area contributed by atoms with Gasteiger partial charge in [0.25, 0.3) is 5.56 Å². The maximum Gasteiger partial charge on any atom is 0.255 e. The highest BCUT2D eigenvalue weighted by Crippen LogP contribution is 2.32. The molecule has 7 nitrogen and oxygen atoms in total. The van der Waals surface area contributed by atoms with Gasteiger partial charge in [-0.15, -0.1) is 11.3 Å². The SMILES string of the molecule is O=C(CSc1nc(O)cc(=O)[nH]1)Nc1nc(-c2ccc(Cl)cc2Cl)cs1. The summed E-state index contributed by atoms with van der Waals surface area (Å²) in [5.74, 6) is -0.742. The zero-order chi connectivity index (χ0) is 18.7. The van der Waals surface area contributed by atoms with Gasteiger partial charge in [-0.05, 0) is 18.2 Å². The van der Waals surface area contributed by atoms with E-state index in [1.54, 1.807) is 23.6 Å². The zero-order valence-electron chi connectivity index (χ0n) is 12.8. The molecule has 11 heteroatoms. The Morgan fingerprint density at radius 1 is 1.31 bits per heavy atom. The van der Waals surface area contributed by atoms with Gasteiger partial charge in [0.05, 0.1) is 22.5 Å². The number of halogens is 2. The van der Waals surface area contributed by atoms with E-state index in [1.807, 2.05) is 0 Å². The number of amides is 1. The molecule has 0 radical (unpaired) electrons. The second-order valence-corrected chi connectivity index (χ2v) is 7.57. The number of hydrogen-bond acceptors (Lipinski definition) is 7. The summed E-state index contributed by atoms with van der Waals surface area (Å²) in [5, 5.41) is 15.3. The van der Waals surface area contributed by atoms with Crippen molar-refractivity contribution in [2.75, 3.05) is 11.1 Å². The third-order valence-electron chi connectivity index (χ3n) is 3.00. The Bertz CT molecular complexity index is 1020. The summed E-state index contributed by atoms with van der Waals surface area (Å²) in [6.45, 7) is 0. The van der Waals surface area contributed by atoms with E-state index in [0.717, 1.165) is 17.8 Å². The number of H-pyrrole nitrogens is 1. The summed E-state index contributed by atoms with van der Waals surface area (Å²) in [6, 6.07) is 6.03. The second kappa shape index (κ2) is 8.09. The normalized spacial score (nSPS) is 10.7. The van der Waals surface area contributed by atoms with Gasteiger partial charge in [0.1, 0.15) is 0 Å². The molecule has 0 saturated heterocycles. The molecule has 3 rings (SSSR count). The molecule has 0 aliphatic carbocycles.